The average molecular weight is 399 g/mol. The summed E-state index contributed by atoms with van der Waals surface area (Å²) in [7, 11) is 1.42. The maximum atomic E-state index is 11.6. The van der Waals surface area contributed by atoms with Gasteiger partial charge in [-0.2, -0.15) is 0 Å². The van der Waals surface area contributed by atoms with E-state index < -0.39 is 0 Å². The minimum absolute atomic E-state index is 0.104. The fourth-order valence-corrected chi connectivity index (χ4v) is 6.36. The Morgan fingerprint density at radius 1 is 1.23 bits per heavy atom. The summed E-state index contributed by atoms with van der Waals surface area (Å²) in [6.45, 7) is 0. The van der Waals surface area contributed by atoms with Gasteiger partial charge in [-0.3, -0.25) is 0 Å². The Bertz CT molecular complexity index is 582. The molecule has 2 fully saturated rings. The molecule has 0 amide bonds. The van der Waals surface area contributed by atoms with Crippen molar-refractivity contribution in [3.63, 3.8) is 0 Å². The Hall–Kier alpha value is -0.580. The highest BCUT2D eigenvalue weighted by atomic mass is 35.5. The van der Waals surface area contributed by atoms with Crippen LogP contribution in [0.1, 0.15) is 72.3 Å². The number of hydrogen-bond donors (Lipinski definition) is 1. The van der Waals surface area contributed by atoms with Crippen LogP contribution in [-0.4, -0.2) is 29.7 Å². The largest absolute Gasteiger partial charge is 0.465 e. The quantitative estimate of drug-likeness (QED) is 0.469. The van der Waals surface area contributed by atoms with E-state index in [4.69, 9.17) is 16.3 Å². The molecular formula is C21H31ClO3S. The zero-order valence-corrected chi connectivity index (χ0v) is 17.2. The third-order valence-corrected chi connectivity index (χ3v) is 7.99. The fraction of sp³-hybridized carbons (Fsp3) is 0.762. The van der Waals surface area contributed by atoms with Crippen molar-refractivity contribution in [2.75, 3.05) is 7.11 Å². The number of aliphatic hydroxyl groups is 1. The number of halogens is 1. The van der Waals surface area contributed by atoms with E-state index in [1.165, 1.54) is 55.4 Å². The van der Waals surface area contributed by atoms with E-state index in [2.05, 4.69) is 0 Å². The molecule has 3 nitrogen and oxygen atoms in total. The highest BCUT2D eigenvalue weighted by molar-refractivity contribution is 7.13. The Kier molecular flexibility index (Phi) is 7.42. The molecule has 146 valence electrons. The Morgan fingerprint density at radius 2 is 2.00 bits per heavy atom. The number of carbonyl (C=O) groups is 1. The summed E-state index contributed by atoms with van der Waals surface area (Å²) >= 11 is 8.11. The molecule has 1 aromatic heterocycles. The number of rotatable bonds is 8. The highest BCUT2D eigenvalue weighted by Crippen LogP contribution is 2.43. The van der Waals surface area contributed by atoms with Crippen LogP contribution in [0.2, 0.25) is 0 Å². The molecule has 0 bridgehead atoms. The number of thiophene rings is 1. The normalized spacial score (nSPS) is 29.3. The first-order chi connectivity index (χ1) is 12.6. The summed E-state index contributed by atoms with van der Waals surface area (Å²) in [5.74, 6) is 1.41. The lowest BCUT2D eigenvalue weighted by Crippen LogP contribution is -2.21. The van der Waals surface area contributed by atoms with E-state index in [-0.39, 0.29) is 17.5 Å². The molecule has 26 heavy (non-hydrogen) atoms. The van der Waals surface area contributed by atoms with Crippen LogP contribution in [0.4, 0.5) is 0 Å². The molecule has 0 spiro atoms. The number of alkyl halides is 1. The molecular weight excluding hydrogens is 368 g/mol. The first-order valence-corrected chi connectivity index (χ1v) is 11.3. The highest BCUT2D eigenvalue weighted by Gasteiger charge is 2.40. The molecule has 0 saturated heterocycles. The third-order valence-electron chi connectivity index (χ3n) is 6.37. The lowest BCUT2D eigenvalue weighted by molar-refractivity contribution is 0.0606. The second-order valence-corrected chi connectivity index (χ2v) is 9.75. The molecule has 5 heteroatoms. The first-order valence-electron chi connectivity index (χ1n) is 10.1. The van der Waals surface area contributed by atoms with Crippen molar-refractivity contribution in [1.82, 2.24) is 0 Å². The van der Waals surface area contributed by atoms with Gasteiger partial charge in [0.15, 0.2) is 0 Å². The number of aliphatic hydroxyl groups excluding tert-OH is 1. The predicted octanol–water partition coefficient (Wildman–Crippen LogP) is 5.43. The van der Waals surface area contributed by atoms with Crippen molar-refractivity contribution in [2.24, 2.45) is 17.8 Å². The first kappa shape index (κ1) is 20.2. The summed E-state index contributed by atoms with van der Waals surface area (Å²) in [5.41, 5.74) is 0. The van der Waals surface area contributed by atoms with Crippen molar-refractivity contribution in [1.29, 1.82) is 0 Å². The van der Waals surface area contributed by atoms with Gasteiger partial charge >= 0.3 is 5.97 Å². The van der Waals surface area contributed by atoms with Gasteiger partial charge in [-0.25, -0.2) is 4.79 Å². The number of aryl methyl sites for hydroxylation is 1. The number of carbonyl (C=O) groups excluding carboxylic acids is 1. The van der Waals surface area contributed by atoms with Gasteiger partial charge in [0.05, 0.1) is 13.2 Å². The van der Waals surface area contributed by atoms with E-state index in [0.29, 0.717) is 16.7 Å². The standard InChI is InChI=1S/C21H31ClO3S/c1-25-21(24)20-12-10-15(26-20)7-4-8-16-17(19(23)13-18(16)22)11-9-14-5-2-3-6-14/h10,12,14,16-19,23H,2-9,11,13H2,1H3/t16-,17-,18+,19-/m1/s1. The van der Waals surface area contributed by atoms with Gasteiger partial charge in [0.1, 0.15) is 4.88 Å². The van der Waals surface area contributed by atoms with E-state index >= 15 is 0 Å². The zero-order chi connectivity index (χ0) is 18.5. The van der Waals surface area contributed by atoms with Crippen LogP contribution in [-0.2, 0) is 11.2 Å². The monoisotopic (exact) mass is 398 g/mol. The van der Waals surface area contributed by atoms with Crippen LogP contribution in [0.5, 0.6) is 0 Å². The summed E-state index contributed by atoms with van der Waals surface area (Å²) in [4.78, 5) is 13.4. The van der Waals surface area contributed by atoms with Crippen LogP contribution in [0, 0.1) is 17.8 Å². The van der Waals surface area contributed by atoms with Crippen LogP contribution in [0.3, 0.4) is 0 Å². The summed E-state index contributed by atoms with van der Waals surface area (Å²) in [6.07, 6.45) is 11.5. The Balaban J connectivity index is 1.48. The molecule has 4 atom stereocenters. The molecule has 2 saturated carbocycles. The van der Waals surface area contributed by atoms with E-state index in [9.17, 15) is 9.90 Å². The second-order valence-electron chi connectivity index (χ2n) is 8.02. The number of hydrogen-bond acceptors (Lipinski definition) is 4. The number of ether oxygens (including phenoxy) is 1. The molecule has 1 N–H and O–H groups in total. The summed E-state index contributed by atoms with van der Waals surface area (Å²) in [5, 5.41) is 10.6. The van der Waals surface area contributed by atoms with Gasteiger partial charge in [-0.15, -0.1) is 22.9 Å². The maximum Gasteiger partial charge on any atom is 0.348 e. The minimum Gasteiger partial charge on any atom is -0.465 e. The number of esters is 1. The van der Waals surface area contributed by atoms with Gasteiger partial charge in [-0.05, 0) is 62.0 Å². The molecule has 0 radical (unpaired) electrons. The molecule has 1 aromatic rings. The van der Waals surface area contributed by atoms with Gasteiger partial charge in [0, 0.05) is 10.3 Å². The third kappa shape index (κ3) is 5.02. The van der Waals surface area contributed by atoms with E-state index in [1.807, 2.05) is 12.1 Å². The molecule has 0 aliphatic heterocycles. The van der Waals surface area contributed by atoms with Crippen molar-refractivity contribution in [2.45, 2.75) is 75.7 Å². The van der Waals surface area contributed by atoms with Gasteiger partial charge < -0.3 is 9.84 Å². The molecule has 2 aliphatic carbocycles. The van der Waals surface area contributed by atoms with Gasteiger partial charge in [0.2, 0.25) is 0 Å². The smallest absolute Gasteiger partial charge is 0.348 e. The van der Waals surface area contributed by atoms with Crippen molar-refractivity contribution in [3.05, 3.63) is 21.9 Å². The topological polar surface area (TPSA) is 46.5 Å². The van der Waals surface area contributed by atoms with E-state index in [0.717, 1.165) is 38.0 Å². The van der Waals surface area contributed by atoms with Crippen LogP contribution >= 0.6 is 22.9 Å². The molecule has 0 unspecified atom stereocenters. The molecule has 3 rings (SSSR count). The number of methoxy groups -OCH3 is 1. The van der Waals surface area contributed by atoms with Crippen LogP contribution in [0.15, 0.2) is 12.1 Å². The SMILES string of the molecule is COC(=O)c1ccc(CCC[C@@H]2[C@@H](CCC3CCCC3)[C@H](O)C[C@@H]2Cl)s1. The zero-order valence-electron chi connectivity index (χ0n) is 15.7. The second kappa shape index (κ2) is 9.57. The lowest BCUT2D eigenvalue weighted by atomic mass is 9.84. The molecule has 2 aliphatic rings. The van der Waals surface area contributed by atoms with Crippen LogP contribution < -0.4 is 0 Å². The molecule has 1 heterocycles. The Labute approximate surface area is 166 Å². The maximum absolute atomic E-state index is 11.6. The molecule has 0 aromatic carbocycles. The van der Waals surface area contributed by atoms with E-state index in [1.54, 1.807) is 0 Å². The van der Waals surface area contributed by atoms with Crippen molar-refractivity contribution in [3.8, 4) is 0 Å². The average Bonchev–Trinajstić information content (AvgIpc) is 3.35. The summed E-state index contributed by atoms with van der Waals surface area (Å²) in [6, 6.07) is 3.87. The van der Waals surface area contributed by atoms with Crippen molar-refractivity contribution >= 4 is 28.9 Å². The van der Waals surface area contributed by atoms with Crippen molar-refractivity contribution < 1.29 is 14.6 Å². The fourth-order valence-electron chi connectivity index (χ4n) is 4.90. The van der Waals surface area contributed by atoms with Gasteiger partial charge in [0.25, 0.3) is 0 Å². The summed E-state index contributed by atoms with van der Waals surface area (Å²) < 4.78 is 4.77. The Morgan fingerprint density at radius 3 is 2.73 bits per heavy atom. The lowest BCUT2D eigenvalue weighted by Gasteiger charge is -2.24. The predicted molar refractivity (Wildman–Crippen MR) is 107 cm³/mol. The van der Waals surface area contributed by atoms with Crippen LogP contribution in [0.25, 0.3) is 0 Å². The minimum atomic E-state index is -0.257. The van der Waals surface area contributed by atoms with Gasteiger partial charge in [-0.1, -0.05) is 32.1 Å².